The first kappa shape index (κ1) is 41.1. The predicted molar refractivity (Wildman–Crippen MR) is 171 cm³/mol. The van der Waals surface area contributed by atoms with Crippen LogP contribution >= 0.6 is 0 Å². The van der Waals surface area contributed by atoms with Crippen LogP contribution in [-0.2, 0) is 23.9 Å². The normalized spacial score (nSPS) is 15.0. The van der Waals surface area contributed by atoms with E-state index in [9.17, 15) is 29.1 Å². The fourth-order valence-corrected chi connectivity index (χ4v) is 4.30. The van der Waals surface area contributed by atoms with Gasteiger partial charge in [-0.15, -0.1) is 0 Å². The van der Waals surface area contributed by atoms with Gasteiger partial charge >= 0.3 is 6.09 Å². The third-order valence-corrected chi connectivity index (χ3v) is 7.10. The van der Waals surface area contributed by atoms with Crippen molar-refractivity contribution in [1.29, 1.82) is 0 Å². The largest absolute Gasteiger partial charge is 0.450 e. The van der Waals surface area contributed by atoms with Gasteiger partial charge in [-0.3, -0.25) is 19.2 Å². The summed E-state index contributed by atoms with van der Waals surface area (Å²) >= 11 is 0. The first-order valence-electron chi connectivity index (χ1n) is 16.1. The highest BCUT2D eigenvalue weighted by molar-refractivity contribution is 5.92. The van der Waals surface area contributed by atoms with Crippen molar-refractivity contribution in [3.05, 3.63) is 0 Å². The Labute approximate surface area is 265 Å². The van der Waals surface area contributed by atoms with Crippen molar-refractivity contribution < 1.29 is 33.8 Å². The Bertz CT molecular complexity index is 907. The van der Waals surface area contributed by atoms with Crippen LogP contribution in [0, 0.1) is 29.6 Å². The number of alkyl carbamates (subject to hydrolysis) is 1. The highest BCUT2D eigenvalue weighted by Crippen LogP contribution is 2.14. The number of hydrogen-bond acceptors (Lipinski definition) is 7. The van der Waals surface area contributed by atoms with E-state index in [4.69, 9.17) is 4.74 Å². The smallest absolute Gasteiger partial charge is 0.407 e. The van der Waals surface area contributed by atoms with Crippen molar-refractivity contribution in [3.63, 3.8) is 0 Å². The van der Waals surface area contributed by atoms with Gasteiger partial charge in [0.05, 0.1) is 25.2 Å². The SMILES string of the molecule is CC(C)CCNC(=O)[C@H](C)NC(=O)C[C@H](O)[C@H](CC(C)C)NC(=O)C(NC(=O)C(NC(=O)OCCC(C)C)C(C)C)C(C)C. The maximum atomic E-state index is 13.4. The van der Waals surface area contributed by atoms with E-state index in [1.807, 2.05) is 27.7 Å². The van der Waals surface area contributed by atoms with E-state index < -0.39 is 54.1 Å². The van der Waals surface area contributed by atoms with Gasteiger partial charge in [-0.2, -0.15) is 0 Å². The summed E-state index contributed by atoms with van der Waals surface area (Å²) in [6.45, 7) is 21.4. The van der Waals surface area contributed by atoms with E-state index in [0.29, 0.717) is 31.2 Å². The van der Waals surface area contributed by atoms with Gasteiger partial charge < -0.3 is 36.4 Å². The fraction of sp³-hybridized carbons (Fsp3) is 0.844. The Morgan fingerprint density at radius 3 is 1.66 bits per heavy atom. The second kappa shape index (κ2) is 21.0. The highest BCUT2D eigenvalue weighted by Gasteiger charge is 2.33. The molecule has 5 atom stereocenters. The summed E-state index contributed by atoms with van der Waals surface area (Å²) in [6, 6.07) is -3.46. The summed E-state index contributed by atoms with van der Waals surface area (Å²) in [5.74, 6) is -1.61. The lowest BCUT2D eigenvalue weighted by molar-refractivity contribution is -0.133. The molecule has 256 valence electrons. The number of rotatable bonds is 20. The number of carbonyl (C=O) groups excluding carboxylic acids is 5. The standard InChI is InChI=1S/C32H61N5O7/c1-18(2)12-14-33-29(40)23(11)34-26(39)17-25(38)24(16-20(5)6)35-30(41)27(21(7)8)36-31(42)28(22(9)10)37-32(43)44-15-13-19(3)4/h18-25,27-28,38H,12-17H2,1-11H3,(H,33,40)(H,34,39)(H,35,41)(H,36,42)(H,37,43)/t23-,24-,25-,27?,28?/m0/s1. The van der Waals surface area contributed by atoms with Crippen LogP contribution in [0.5, 0.6) is 0 Å². The Hall–Kier alpha value is -2.89. The molecule has 0 fully saturated rings. The molecule has 12 heteroatoms. The molecule has 0 aliphatic rings. The number of carbonyl (C=O) groups is 5. The maximum absolute atomic E-state index is 13.4. The van der Waals surface area contributed by atoms with Crippen LogP contribution in [0.15, 0.2) is 0 Å². The number of ether oxygens (including phenoxy) is 1. The molecule has 0 bridgehead atoms. The molecular formula is C32H61N5O7. The highest BCUT2D eigenvalue weighted by atomic mass is 16.5. The Balaban J connectivity index is 5.40. The van der Waals surface area contributed by atoms with Crippen molar-refractivity contribution in [2.75, 3.05) is 13.2 Å². The molecular weight excluding hydrogens is 566 g/mol. The van der Waals surface area contributed by atoms with Gasteiger partial charge in [-0.1, -0.05) is 69.2 Å². The van der Waals surface area contributed by atoms with Gasteiger partial charge in [0.15, 0.2) is 0 Å². The average molecular weight is 628 g/mol. The maximum Gasteiger partial charge on any atom is 0.407 e. The number of hydrogen-bond donors (Lipinski definition) is 6. The van der Waals surface area contributed by atoms with Gasteiger partial charge in [0.2, 0.25) is 23.6 Å². The lowest BCUT2D eigenvalue weighted by atomic mass is 9.95. The van der Waals surface area contributed by atoms with Gasteiger partial charge in [-0.05, 0) is 55.8 Å². The zero-order valence-corrected chi connectivity index (χ0v) is 28.9. The molecule has 0 aromatic rings. The number of aliphatic hydroxyl groups excluding tert-OH is 1. The summed E-state index contributed by atoms with van der Waals surface area (Å²) < 4.78 is 5.20. The second-order valence-electron chi connectivity index (χ2n) is 13.7. The van der Waals surface area contributed by atoms with Crippen LogP contribution in [0.25, 0.3) is 0 Å². The van der Waals surface area contributed by atoms with Crippen LogP contribution in [0.4, 0.5) is 4.79 Å². The third kappa shape index (κ3) is 17.4. The van der Waals surface area contributed by atoms with Gasteiger partial charge in [0, 0.05) is 6.54 Å². The molecule has 12 nitrogen and oxygen atoms in total. The van der Waals surface area contributed by atoms with Crippen molar-refractivity contribution in [1.82, 2.24) is 26.6 Å². The zero-order chi connectivity index (χ0) is 34.1. The molecule has 5 amide bonds. The molecule has 44 heavy (non-hydrogen) atoms. The Morgan fingerprint density at radius 2 is 1.16 bits per heavy atom. The summed E-state index contributed by atoms with van der Waals surface area (Å²) in [6.07, 6.45) is -0.364. The zero-order valence-electron chi connectivity index (χ0n) is 28.9. The minimum Gasteiger partial charge on any atom is -0.450 e. The lowest BCUT2D eigenvalue weighted by Crippen LogP contribution is -2.59. The molecule has 0 heterocycles. The molecule has 2 unspecified atom stereocenters. The van der Waals surface area contributed by atoms with Crippen molar-refractivity contribution in [2.45, 2.75) is 132 Å². The molecule has 0 saturated heterocycles. The molecule has 0 aromatic heterocycles. The fourth-order valence-electron chi connectivity index (χ4n) is 4.30. The van der Waals surface area contributed by atoms with Gasteiger partial charge in [0.1, 0.15) is 18.1 Å². The van der Waals surface area contributed by atoms with E-state index in [1.54, 1.807) is 34.6 Å². The molecule has 0 aromatic carbocycles. The van der Waals surface area contributed by atoms with Crippen molar-refractivity contribution >= 4 is 29.7 Å². The molecule has 0 aliphatic carbocycles. The van der Waals surface area contributed by atoms with Crippen LogP contribution < -0.4 is 26.6 Å². The number of amides is 5. The van der Waals surface area contributed by atoms with Crippen molar-refractivity contribution in [3.8, 4) is 0 Å². The van der Waals surface area contributed by atoms with Gasteiger partial charge in [-0.25, -0.2) is 4.79 Å². The summed E-state index contributed by atoms with van der Waals surface area (Å²) in [4.78, 5) is 63.9. The predicted octanol–water partition coefficient (Wildman–Crippen LogP) is 2.87. The lowest BCUT2D eigenvalue weighted by Gasteiger charge is -2.30. The average Bonchev–Trinajstić information content (AvgIpc) is 2.88. The molecule has 6 N–H and O–H groups in total. The van der Waals surface area contributed by atoms with E-state index in [1.165, 1.54) is 0 Å². The number of nitrogens with one attached hydrogen (secondary N) is 5. The van der Waals surface area contributed by atoms with Crippen LogP contribution in [0.1, 0.15) is 102 Å². The van der Waals surface area contributed by atoms with Crippen LogP contribution in [0.2, 0.25) is 0 Å². The van der Waals surface area contributed by atoms with E-state index in [0.717, 1.165) is 6.42 Å². The van der Waals surface area contributed by atoms with Crippen LogP contribution in [0.3, 0.4) is 0 Å². The minimum atomic E-state index is -1.23. The monoisotopic (exact) mass is 627 g/mol. The summed E-state index contributed by atoms with van der Waals surface area (Å²) in [7, 11) is 0. The first-order chi connectivity index (χ1) is 20.3. The second-order valence-corrected chi connectivity index (χ2v) is 13.7. The Morgan fingerprint density at radius 1 is 0.636 bits per heavy atom. The molecule has 0 rings (SSSR count). The van der Waals surface area contributed by atoms with Crippen LogP contribution in [-0.4, -0.2) is 78.3 Å². The number of aliphatic hydroxyl groups is 1. The minimum absolute atomic E-state index is 0.0759. The summed E-state index contributed by atoms with van der Waals surface area (Å²) in [5, 5.41) is 24.5. The molecule has 0 radical (unpaired) electrons. The Kier molecular flexibility index (Phi) is 19.6. The van der Waals surface area contributed by atoms with E-state index >= 15 is 0 Å². The van der Waals surface area contributed by atoms with Gasteiger partial charge in [0.25, 0.3) is 0 Å². The quantitative estimate of drug-likeness (QED) is 0.120. The topological polar surface area (TPSA) is 175 Å². The first-order valence-corrected chi connectivity index (χ1v) is 16.1. The third-order valence-electron chi connectivity index (χ3n) is 7.10. The molecule has 0 saturated carbocycles. The van der Waals surface area contributed by atoms with E-state index in [-0.39, 0.29) is 36.7 Å². The molecule has 0 aliphatic heterocycles. The summed E-state index contributed by atoms with van der Waals surface area (Å²) in [5.41, 5.74) is 0. The molecule has 0 spiro atoms. The van der Waals surface area contributed by atoms with E-state index in [2.05, 4.69) is 40.4 Å². The van der Waals surface area contributed by atoms with Crippen molar-refractivity contribution in [2.24, 2.45) is 29.6 Å².